The third-order valence-electron chi connectivity index (χ3n) is 4.96. The Balaban J connectivity index is 1.90. The van der Waals surface area contributed by atoms with Crippen LogP contribution in [0.1, 0.15) is 26.7 Å². The van der Waals surface area contributed by atoms with Crippen LogP contribution >= 0.6 is 11.8 Å². The van der Waals surface area contributed by atoms with Crippen molar-refractivity contribution in [2.75, 3.05) is 18.8 Å². The molecule has 1 aliphatic rings. The number of imidazole rings is 1. The molecule has 2 aromatic rings. The summed E-state index contributed by atoms with van der Waals surface area (Å²) in [4.78, 5) is 43.6. The number of likely N-dealkylation sites (tertiary alicyclic amines) is 1. The highest BCUT2D eigenvalue weighted by Gasteiger charge is 2.23. The van der Waals surface area contributed by atoms with E-state index >= 15 is 0 Å². The molecule has 0 radical (unpaired) electrons. The van der Waals surface area contributed by atoms with E-state index in [0.717, 1.165) is 24.1 Å². The van der Waals surface area contributed by atoms with E-state index in [0.29, 0.717) is 28.8 Å². The highest BCUT2D eigenvalue weighted by atomic mass is 32.2. The van der Waals surface area contributed by atoms with E-state index in [4.69, 9.17) is 0 Å². The van der Waals surface area contributed by atoms with Crippen molar-refractivity contribution in [1.29, 1.82) is 0 Å². The van der Waals surface area contributed by atoms with E-state index in [-0.39, 0.29) is 17.2 Å². The van der Waals surface area contributed by atoms with Crippen LogP contribution in [0.4, 0.5) is 0 Å². The minimum absolute atomic E-state index is 0.0954. The van der Waals surface area contributed by atoms with E-state index in [1.807, 2.05) is 11.8 Å². The van der Waals surface area contributed by atoms with Gasteiger partial charge in [0.25, 0.3) is 5.56 Å². The predicted molar refractivity (Wildman–Crippen MR) is 102 cm³/mol. The van der Waals surface area contributed by atoms with Gasteiger partial charge in [-0.05, 0) is 25.7 Å². The van der Waals surface area contributed by atoms with Gasteiger partial charge in [-0.2, -0.15) is 0 Å². The maximum atomic E-state index is 12.5. The fourth-order valence-corrected chi connectivity index (χ4v) is 4.43. The van der Waals surface area contributed by atoms with Gasteiger partial charge in [-0.25, -0.2) is 9.78 Å². The number of aryl methyl sites for hydroxylation is 2. The first-order valence-corrected chi connectivity index (χ1v) is 9.90. The van der Waals surface area contributed by atoms with Gasteiger partial charge >= 0.3 is 5.69 Å². The molecule has 1 fully saturated rings. The number of aromatic nitrogens is 4. The van der Waals surface area contributed by atoms with Gasteiger partial charge in [0.05, 0.1) is 5.75 Å². The highest BCUT2D eigenvalue weighted by molar-refractivity contribution is 7.99. The maximum Gasteiger partial charge on any atom is 0.332 e. The quantitative estimate of drug-likeness (QED) is 0.734. The molecule has 0 saturated carbocycles. The molecule has 1 atom stereocenters. The van der Waals surface area contributed by atoms with Crippen LogP contribution in [0.5, 0.6) is 0 Å². The number of thioether (sulfide) groups is 1. The number of carbonyl (C=O) groups is 1. The van der Waals surface area contributed by atoms with E-state index < -0.39 is 5.69 Å². The fraction of sp³-hybridized carbons (Fsp3) is 0.647. The average molecular weight is 379 g/mol. The maximum absolute atomic E-state index is 12.5. The Morgan fingerprint density at radius 3 is 2.65 bits per heavy atom. The molecule has 26 heavy (non-hydrogen) atoms. The molecule has 1 amide bonds. The number of piperidine rings is 1. The zero-order valence-corrected chi connectivity index (χ0v) is 16.5. The monoisotopic (exact) mass is 379 g/mol. The first-order chi connectivity index (χ1) is 12.3. The first kappa shape index (κ1) is 18.8. The molecule has 3 rings (SSSR count). The van der Waals surface area contributed by atoms with Crippen molar-refractivity contribution in [2.24, 2.45) is 20.0 Å². The molecule has 8 nitrogen and oxygen atoms in total. The molecular weight excluding hydrogens is 354 g/mol. The lowest BCUT2D eigenvalue weighted by molar-refractivity contribution is -0.130. The molecule has 1 saturated heterocycles. The molecule has 0 aromatic carbocycles. The van der Waals surface area contributed by atoms with Crippen molar-refractivity contribution in [3.05, 3.63) is 20.8 Å². The van der Waals surface area contributed by atoms with Gasteiger partial charge in [0.15, 0.2) is 16.3 Å². The molecule has 0 spiro atoms. The molecule has 9 heteroatoms. The van der Waals surface area contributed by atoms with Crippen molar-refractivity contribution in [2.45, 2.75) is 38.4 Å². The standard InChI is InChI=1S/C17H25N5O3S/c1-5-22-13-14(19(3)17(25)20(4)15(13)24)18-16(22)26-10-12(23)21-8-6-7-11(2)9-21/h11H,5-10H2,1-4H3/t11-/m0/s1. The smallest absolute Gasteiger partial charge is 0.332 e. The van der Waals surface area contributed by atoms with Crippen molar-refractivity contribution in [3.8, 4) is 0 Å². The van der Waals surface area contributed by atoms with E-state index in [9.17, 15) is 14.4 Å². The molecule has 3 heterocycles. The molecule has 1 aliphatic heterocycles. The average Bonchev–Trinajstić information content (AvgIpc) is 3.01. The van der Waals surface area contributed by atoms with Crippen LogP contribution in [-0.4, -0.2) is 48.3 Å². The summed E-state index contributed by atoms with van der Waals surface area (Å²) < 4.78 is 4.25. The molecule has 0 unspecified atom stereocenters. The van der Waals surface area contributed by atoms with E-state index in [1.54, 1.807) is 11.6 Å². The SMILES string of the molecule is CCn1c(SCC(=O)N2CCC[C@H](C)C2)nc2c1c(=O)n(C)c(=O)n2C. The lowest BCUT2D eigenvalue weighted by atomic mass is 10.0. The van der Waals surface area contributed by atoms with Crippen LogP contribution in [0.2, 0.25) is 0 Å². The highest BCUT2D eigenvalue weighted by Crippen LogP contribution is 2.23. The minimum Gasteiger partial charge on any atom is -0.342 e. The molecule has 2 aromatic heterocycles. The number of fused-ring (bicyclic) bond motifs is 1. The second-order valence-electron chi connectivity index (χ2n) is 6.89. The number of hydrogen-bond donors (Lipinski definition) is 0. The van der Waals surface area contributed by atoms with Gasteiger partial charge in [-0.3, -0.25) is 18.7 Å². The number of carbonyl (C=O) groups excluding carboxylic acids is 1. The largest absolute Gasteiger partial charge is 0.342 e. The Morgan fingerprint density at radius 2 is 2.00 bits per heavy atom. The fourth-order valence-electron chi connectivity index (χ4n) is 3.46. The second kappa shape index (κ2) is 7.30. The van der Waals surface area contributed by atoms with Gasteiger partial charge in [0.1, 0.15) is 0 Å². The zero-order valence-electron chi connectivity index (χ0n) is 15.7. The molecule has 0 N–H and O–H groups in total. The summed E-state index contributed by atoms with van der Waals surface area (Å²) in [5.74, 6) is 0.915. The molecule has 142 valence electrons. The van der Waals surface area contributed by atoms with Crippen molar-refractivity contribution in [3.63, 3.8) is 0 Å². The number of hydrogen-bond acceptors (Lipinski definition) is 5. The van der Waals surface area contributed by atoms with Crippen LogP contribution in [0.15, 0.2) is 14.7 Å². The van der Waals surface area contributed by atoms with Crippen molar-refractivity contribution < 1.29 is 4.79 Å². The summed E-state index contributed by atoms with van der Waals surface area (Å²) >= 11 is 1.33. The second-order valence-corrected chi connectivity index (χ2v) is 7.83. The summed E-state index contributed by atoms with van der Waals surface area (Å²) in [5.41, 5.74) is -0.00111. The van der Waals surface area contributed by atoms with Crippen molar-refractivity contribution >= 4 is 28.8 Å². The zero-order chi connectivity index (χ0) is 19.0. The molecular formula is C17H25N5O3S. The lowest BCUT2D eigenvalue weighted by Crippen LogP contribution is -2.40. The van der Waals surface area contributed by atoms with Crippen LogP contribution in [0.25, 0.3) is 11.2 Å². The number of rotatable bonds is 4. The summed E-state index contributed by atoms with van der Waals surface area (Å²) in [6, 6.07) is 0. The van der Waals surface area contributed by atoms with Gasteiger partial charge in [-0.15, -0.1) is 0 Å². The summed E-state index contributed by atoms with van der Waals surface area (Å²) in [7, 11) is 3.07. The van der Waals surface area contributed by atoms with Crippen LogP contribution in [0, 0.1) is 5.92 Å². The third kappa shape index (κ3) is 3.20. The van der Waals surface area contributed by atoms with Crippen molar-refractivity contribution in [1.82, 2.24) is 23.6 Å². The van der Waals surface area contributed by atoms with Crippen LogP contribution < -0.4 is 11.2 Å². The van der Waals surface area contributed by atoms with Crippen LogP contribution in [0.3, 0.4) is 0 Å². The summed E-state index contributed by atoms with van der Waals surface area (Å²) in [5, 5.41) is 0.596. The van der Waals surface area contributed by atoms with Gasteiger partial charge < -0.3 is 9.47 Å². The van der Waals surface area contributed by atoms with E-state index in [2.05, 4.69) is 11.9 Å². The Kier molecular flexibility index (Phi) is 5.27. The van der Waals surface area contributed by atoms with E-state index in [1.165, 1.54) is 29.8 Å². The van der Waals surface area contributed by atoms with Crippen LogP contribution in [-0.2, 0) is 25.4 Å². The Bertz CT molecular complexity index is 958. The summed E-state index contributed by atoms with van der Waals surface area (Å²) in [6.45, 7) is 6.24. The summed E-state index contributed by atoms with van der Waals surface area (Å²) in [6.07, 6.45) is 2.21. The number of nitrogens with zero attached hydrogens (tertiary/aromatic N) is 5. The predicted octanol–water partition coefficient (Wildman–Crippen LogP) is 0.804. The Hall–Kier alpha value is -2.03. The third-order valence-corrected chi connectivity index (χ3v) is 5.92. The van der Waals surface area contributed by atoms with Gasteiger partial charge in [-0.1, -0.05) is 18.7 Å². The Labute approximate surface area is 155 Å². The van der Waals surface area contributed by atoms with Gasteiger partial charge in [0, 0.05) is 33.7 Å². The minimum atomic E-state index is -0.404. The topological polar surface area (TPSA) is 82.1 Å². The molecule has 0 aliphatic carbocycles. The molecule has 0 bridgehead atoms. The lowest BCUT2D eigenvalue weighted by Gasteiger charge is -2.30. The van der Waals surface area contributed by atoms with Gasteiger partial charge in [0.2, 0.25) is 5.91 Å². The first-order valence-electron chi connectivity index (χ1n) is 8.92. The Morgan fingerprint density at radius 1 is 1.27 bits per heavy atom. The number of amides is 1. The normalized spacial score (nSPS) is 17.8.